The first-order valence-corrected chi connectivity index (χ1v) is 6.42. The number of amides is 1. The minimum Gasteiger partial charge on any atom is -0.346 e. The first-order valence-electron chi connectivity index (χ1n) is 4.78. The summed E-state index contributed by atoms with van der Waals surface area (Å²) in [4.78, 5) is 15.8. The van der Waals surface area contributed by atoms with Gasteiger partial charge in [0.2, 0.25) is 0 Å². The molecule has 0 aliphatic heterocycles. The van der Waals surface area contributed by atoms with Gasteiger partial charge < -0.3 is 5.32 Å². The number of carbonyl (C=O) groups excluding carboxylic acids is 1. The van der Waals surface area contributed by atoms with Gasteiger partial charge in [-0.1, -0.05) is 23.2 Å². The molecule has 1 heterocycles. The average Bonchev–Trinajstić information content (AvgIpc) is 2.82. The van der Waals surface area contributed by atoms with Gasteiger partial charge in [-0.2, -0.15) is 0 Å². The molecule has 0 atom stereocenters. The Morgan fingerprint density at radius 3 is 2.82 bits per heavy atom. The van der Waals surface area contributed by atoms with Crippen LogP contribution in [0.1, 0.15) is 15.4 Å². The van der Waals surface area contributed by atoms with Gasteiger partial charge in [0.25, 0.3) is 5.91 Å². The number of nitrogens with one attached hydrogen (secondary N) is 1. The third kappa shape index (κ3) is 3.19. The van der Waals surface area contributed by atoms with E-state index in [2.05, 4.69) is 10.3 Å². The van der Waals surface area contributed by atoms with Crippen molar-refractivity contribution in [3.05, 3.63) is 50.4 Å². The van der Waals surface area contributed by atoms with Gasteiger partial charge in [0, 0.05) is 17.1 Å². The number of benzene rings is 1. The van der Waals surface area contributed by atoms with Crippen LogP contribution in [-0.2, 0) is 6.54 Å². The van der Waals surface area contributed by atoms with Crippen LogP contribution in [0.2, 0.25) is 10.0 Å². The summed E-state index contributed by atoms with van der Waals surface area (Å²) in [5.41, 5.74) is 0.482. The number of aromatic nitrogens is 1. The number of thiazole rings is 1. The number of nitrogens with zero attached hydrogens (tertiary/aromatic N) is 1. The number of rotatable bonds is 3. The lowest BCUT2D eigenvalue weighted by Gasteiger charge is -2.04. The Morgan fingerprint density at radius 2 is 2.18 bits per heavy atom. The second kappa shape index (κ2) is 5.49. The Hall–Kier alpha value is -1.10. The fourth-order valence-corrected chi connectivity index (χ4v) is 2.09. The Morgan fingerprint density at radius 1 is 1.35 bits per heavy atom. The molecule has 2 rings (SSSR count). The first kappa shape index (κ1) is 12.4. The van der Waals surface area contributed by atoms with Gasteiger partial charge >= 0.3 is 0 Å². The van der Waals surface area contributed by atoms with Crippen molar-refractivity contribution in [1.82, 2.24) is 10.3 Å². The van der Waals surface area contributed by atoms with Crippen LogP contribution in [0.15, 0.2) is 29.8 Å². The van der Waals surface area contributed by atoms with E-state index in [4.69, 9.17) is 23.2 Å². The molecule has 0 bridgehead atoms. The van der Waals surface area contributed by atoms with Crippen LogP contribution in [-0.4, -0.2) is 10.9 Å². The standard InChI is InChI=1S/C11H8Cl2N2OS/c12-8-2-1-7(5-9(8)13)11(16)15-6-10-14-3-4-17-10/h1-5H,6H2,(H,15,16). The van der Waals surface area contributed by atoms with E-state index in [-0.39, 0.29) is 5.91 Å². The number of hydrogen-bond acceptors (Lipinski definition) is 3. The Labute approximate surface area is 112 Å². The second-order valence-corrected chi connectivity index (χ2v) is 5.03. The SMILES string of the molecule is O=C(NCc1nccs1)c1ccc(Cl)c(Cl)c1. The van der Waals surface area contributed by atoms with Crippen molar-refractivity contribution in [2.45, 2.75) is 6.54 Å². The maximum absolute atomic E-state index is 11.8. The summed E-state index contributed by atoms with van der Waals surface area (Å²) in [5.74, 6) is -0.196. The fourth-order valence-electron chi connectivity index (χ4n) is 1.24. The molecule has 6 heteroatoms. The maximum atomic E-state index is 11.8. The van der Waals surface area contributed by atoms with Crippen molar-refractivity contribution >= 4 is 40.4 Å². The van der Waals surface area contributed by atoms with Gasteiger partial charge in [0.1, 0.15) is 5.01 Å². The highest BCUT2D eigenvalue weighted by Crippen LogP contribution is 2.22. The molecule has 0 saturated heterocycles. The summed E-state index contributed by atoms with van der Waals surface area (Å²) < 4.78 is 0. The number of carbonyl (C=O) groups is 1. The van der Waals surface area contributed by atoms with Crippen molar-refractivity contribution < 1.29 is 4.79 Å². The monoisotopic (exact) mass is 286 g/mol. The van der Waals surface area contributed by atoms with Gasteiger partial charge in [0.05, 0.1) is 16.6 Å². The van der Waals surface area contributed by atoms with Crippen LogP contribution in [0.25, 0.3) is 0 Å². The minimum absolute atomic E-state index is 0.196. The van der Waals surface area contributed by atoms with E-state index >= 15 is 0 Å². The molecular formula is C11H8Cl2N2OS. The summed E-state index contributed by atoms with van der Waals surface area (Å²) in [6.07, 6.45) is 1.70. The van der Waals surface area contributed by atoms with E-state index < -0.39 is 0 Å². The van der Waals surface area contributed by atoms with E-state index in [9.17, 15) is 4.79 Å². The van der Waals surface area contributed by atoms with Crippen molar-refractivity contribution in [1.29, 1.82) is 0 Å². The van der Waals surface area contributed by atoms with Crippen LogP contribution in [0.4, 0.5) is 0 Å². The molecule has 0 fully saturated rings. The Balaban J connectivity index is 2.02. The lowest BCUT2D eigenvalue weighted by atomic mass is 10.2. The van der Waals surface area contributed by atoms with Gasteiger partial charge in [-0.15, -0.1) is 11.3 Å². The van der Waals surface area contributed by atoms with Gasteiger partial charge in [-0.3, -0.25) is 4.79 Å². The highest BCUT2D eigenvalue weighted by molar-refractivity contribution is 7.09. The zero-order chi connectivity index (χ0) is 12.3. The molecule has 0 aliphatic carbocycles. The van der Waals surface area contributed by atoms with E-state index in [1.165, 1.54) is 11.3 Å². The summed E-state index contributed by atoms with van der Waals surface area (Å²) in [6, 6.07) is 4.77. The van der Waals surface area contributed by atoms with Crippen LogP contribution >= 0.6 is 34.5 Å². The molecule has 2 aromatic rings. The Kier molecular flexibility index (Phi) is 3.99. The molecule has 1 N–H and O–H groups in total. The molecule has 17 heavy (non-hydrogen) atoms. The molecule has 3 nitrogen and oxygen atoms in total. The zero-order valence-corrected chi connectivity index (χ0v) is 10.9. The van der Waals surface area contributed by atoms with Crippen molar-refractivity contribution in [3.8, 4) is 0 Å². The topological polar surface area (TPSA) is 42.0 Å². The largest absolute Gasteiger partial charge is 0.346 e. The molecule has 1 aromatic carbocycles. The average molecular weight is 287 g/mol. The molecule has 0 saturated carbocycles. The Bertz CT molecular complexity index is 528. The van der Waals surface area contributed by atoms with E-state index in [1.807, 2.05) is 5.38 Å². The molecule has 88 valence electrons. The van der Waals surface area contributed by atoms with E-state index in [0.29, 0.717) is 22.2 Å². The smallest absolute Gasteiger partial charge is 0.251 e. The minimum atomic E-state index is -0.196. The quantitative estimate of drug-likeness (QED) is 0.940. The predicted octanol–water partition coefficient (Wildman–Crippen LogP) is 3.38. The molecule has 0 unspecified atom stereocenters. The van der Waals surface area contributed by atoms with Crippen molar-refractivity contribution in [2.24, 2.45) is 0 Å². The van der Waals surface area contributed by atoms with Crippen LogP contribution in [0.5, 0.6) is 0 Å². The van der Waals surface area contributed by atoms with Crippen LogP contribution in [0.3, 0.4) is 0 Å². The third-order valence-corrected chi connectivity index (χ3v) is 3.58. The molecule has 1 aromatic heterocycles. The number of hydrogen-bond donors (Lipinski definition) is 1. The van der Waals surface area contributed by atoms with Crippen molar-refractivity contribution in [2.75, 3.05) is 0 Å². The predicted molar refractivity (Wildman–Crippen MR) is 69.7 cm³/mol. The normalized spacial score (nSPS) is 10.2. The second-order valence-electron chi connectivity index (χ2n) is 3.24. The molecule has 0 aliphatic rings. The van der Waals surface area contributed by atoms with Crippen molar-refractivity contribution in [3.63, 3.8) is 0 Å². The summed E-state index contributed by atoms with van der Waals surface area (Å²) in [5, 5.41) is 6.28. The van der Waals surface area contributed by atoms with E-state index in [0.717, 1.165) is 5.01 Å². The number of halogens is 2. The summed E-state index contributed by atoms with van der Waals surface area (Å²) >= 11 is 13.1. The van der Waals surface area contributed by atoms with Gasteiger partial charge in [0.15, 0.2) is 0 Å². The zero-order valence-electron chi connectivity index (χ0n) is 8.61. The van der Waals surface area contributed by atoms with Crippen LogP contribution < -0.4 is 5.32 Å². The third-order valence-electron chi connectivity index (χ3n) is 2.07. The first-order chi connectivity index (χ1) is 8.16. The maximum Gasteiger partial charge on any atom is 0.251 e. The molecule has 1 amide bonds. The molecule has 0 radical (unpaired) electrons. The molecular weight excluding hydrogens is 279 g/mol. The van der Waals surface area contributed by atoms with E-state index in [1.54, 1.807) is 24.4 Å². The summed E-state index contributed by atoms with van der Waals surface area (Å²) in [6.45, 7) is 0.413. The fraction of sp³-hybridized carbons (Fsp3) is 0.0909. The van der Waals surface area contributed by atoms with Gasteiger partial charge in [-0.05, 0) is 18.2 Å². The van der Waals surface area contributed by atoms with Gasteiger partial charge in [-0.25, -0.2) is 4.98 Å². The molecule has 0 spiro atoms. The summed E-state index contributed by atoms with van der Waals surface area (Å²) in [7, 11) is 0. The highest BCUT2D eigenvalue weighted by Gasteiger charge is 2.08. The lowest BCUT2D eigenvalue weighted by molar-refractivity contribution is 0.0951. The highest BCUT2D eigenvalue weighted by atomic mass is 35.5. The lowest BCUT2D eigenvalue weighted by Crippen LogP contribution is -2.22. The van der Waals surface area contributed by atoms with Crippen LogP contribution in [0, 0.1) is 0 Å².